The molecule has 34 heavy (non-hydrogen) atoms. The summed E-state index contributed by atoms with van der Waals surface area (Å²) in [6.07, 6.45) is 4.30. The number of imide groups is 1. The summed E-state index contributed by atoms with van der Waals surface area (Å²) < 4.78 is 16.1. The minimum atomic E-state index is -1.01. The van der Waals surface area contributed by atoms with Gasteiger partial charge < -0.3 is 19.9 Å². The van der Waals surface area contributed by atoms with Gasteiger partial charge in [-0.2, -0.15) is 0 Å². The number of nitrogens with one attached hydrogen (secondary N) is 1. The lowest BCUT2D eigenvalue weighted by Gasteiger charge is -2.22. The quantitative estimate of drug-likeness (QED) is 0.573. The van der Waals surface area contributed by atoms with Crippen molar-refractivity contribution in [3.8, 4) is 11.5 Å². The zero-order valence-electron chi connectivity index (χ0n) is 18.1. The summed E-state index contributed by atoms with van der Waals surface area (Å²) >= 11 is 0. The molecule has 0 fully saturated rings. The van der Waals surface area contributed by atoms with Gasteiger partial charge in [0.05, 0.1) is 16.8 Å². The molecular weight excluding hydrogens is 438 g/mol. The summed E-state index contributed by atoms with van der Waals surface area (Å²) in [4.78, 5) is 40.6. The highest BCUT2D eigenvalue weighted by Crippen LogP contribution is 2.38. The lowest BCUT2D eigenvalue weighted by molar-refractivity contribution is -0.123. The molecule has 5 rings (SSSR count). The molecule has 0 saturated heterocycles. The fraction of sp³-hybridized carbons (Fsp3) is 0.200. The van der Waals surface area contributed by atoms with Gasteiger partial charge in [-0.3, -0.25) is 10.1 Å². The summed E-state index contributed by atoms with van der Waals surface area (Å²) in [5.41, 5.74) is 9.41. The van der Waals surface area contributed by atoms with Gasteiger partial charge in [-0.25, -0.2) is 14.6 Å². The molecule has 9 nitrogen and oxygen atoms in total. The van der Waals surface area contributed by atoms with E-state index in [1.165, 1.54) is 0 Å². The standard InChI is InChI=1S/C25H21N3O6/c26-25(31)28-21(29)12-32-24(30)22-16-5-1-2-7-18(16)27-23-15(4-3-6-17(22)23)10-14-8-9-19-20(11-14)34-13-33-19/h1-2,5,7-11H,3-4,6,12-13H2,(H3,26,28,29,31)/b15-10-. The lowest BCUT2D eigenvalue weighted by Crippen LogP contribution is -2.37. The van der Waals surface area contributed by atoms with Crippen molar-refractivity contribution in [2.24, 2.45) is 5.73 Å². The van der Waals surface area contributed by atoms with Crippen LogP contribution in [0.15, 0.2) is 42.5 Å². The Labute approximate surface area is 194 Å². The molecule has 2 aliphatic rings. The molecule has 0 spiro atoms. The Bertz CT molecular complexity index is 1360. The summed E-state index contributed by atoms with van der Waals surface area (Å²) in [7, 11) is 0. The minimum absolute atomic E-state index is 0.203. The van der Waals surface area contributed by atoms with Crippen molar-refractivity contribution in [3.05, 3.63) is 64.8 Å². The highest BCUT2D eigenvalue weighted by atomic mass is 16.7. The molecule has 0 radical (unpaired) electrons. The van der Waals surface area contributed by atoms with Crippen molar-refractivity contribution < 1.29 is 28.6 Å². The van der Waals surface area contributed by atoms with E-state index in [1.807, 2.05) is 47.8 Å². The number of urea groups is 1. The number of ether oxygens (including phenoxy) is 3. The molecule has 1 aromatic heterocycles. The van der Waals surface area contributed by atoms with E-state index in [-0.39, 0.29) is 6.79 Å². The van der Waals surface area contributed by atoms with Crippen LogP contribution in [0.4, 0.5) is 4.79 Å². The van der Waals surface area contributed by atoms with E-state index < -0.39 is 24.5 Å². The van der Waals surface area contributed by atoms with Crippen LogP contribution in [0.1, 0.15) is 40.0 Å². The fourth-order valence-electron chi connectivity index (χ4n) is 4.29. The Morgan fingerprint density at radius 3 is 2.76 bits per heavy atom. The van der Waals surface area contributed by atoms with E-state index in [4.69, 9.17) is 24.9 Å². The van der Waals surface area contributed by atoms with Crippen molar-refractivity contribution in [2.75, 3.05) is 13.4 Å². The number of hydrogen-bond donors (Lipinski definition) is 2. The number of allylic oxidation sites excluding steroid dienone is 1. The van der Waals surface area contributed by atoms with Crippen LogP contribution in [0.3, 0.4) is 0 Å². The van der Waals surface area contributed by atoms with E-state index in [0.717, 1.165) is 35.2 Å². The minimum Gasteiger partial charge on any atom is -0.454 e. The van der Waals surface area contributed by atoms with Gasteiger partial charge in [-0.1, -0.05) is 24.3 Å². The predicted octanol–water partition coefficient (Wildman–Crippen LogP) is 3.19. The second-order valence-electron chi connectivity index (χ2n) is 7.96. The van der Waals surface area contributed by atoms with Crippen LogP contribution in [0.5, 0.6) is 11.5 Å². The lowest BCUT2D eigenvalue weighted by atomic mass is 9.86. The monoisotopic (exact) mass is 459 g/mol. The number of benzene rings is 2. The smallest absolute Gasteiger partial charge is 0.339 e. The molecule has 3 N–H and O–H groups in total. The highest BCUT2D eigenvalue weighted by Gasteiger charge is 2.26. The number of rotatable bonds is 4. The molecule has 0 bridgehead atoms. The molecular formula is C25H21N3O6. The molecule has 0 atom stereocenters. The van der Waals surface area contributed by atoms with Crippen molar-refractivity contribution in [1.29, 1.82) is 0 Å². The van der Waals surface area contributed by atoms with Crippen LogP contribution in [-0.4, -0.2) is 36.3 Å². The van der Waals surface area contributed by atoms with Crippen LogP contribution in [0.2, 0.25) is 0 Å². The number of primary amides is 1. The molecule has 1 aliphatic carbocycles. The summed E-state index contributed by atoms with van der Waals surface area (Å²) in [6, 6.07) is 12.0. The molecule has 2 aromatic carbocycles. The van der Waals surface area contributed by atoms with Crippen LogP contribution < -0.4 is 20.5 Å². The van der Waals surface area contributed by atoms with Gasteiger partial charge in [-0.05, 0) is 60.2 Å². The van der Waals surface area contributed by atoms with Crippen molar-refractivity contribution in [3.63, 3.8) is 0 Å². The third-order valence-corrected chi connectivity index (χ3v) is 5.71. The zero-order valence-corrected chi connectivity index (χ0v) is 18.1. The number of pyridine rings is 1. The van der Waals surface area contributed by atoms with E-state index in [1.54, 1.807) is 6.07 Å². The molecule has 172 valence electrons. The Morgan fingerprint density at radius 2 is 1.91 bits per heavy atom. The van der Waals surface area contributed by atoms with Gasteiger partial charge in [0.15, 0.2) is 18.1 Å². The normalized spacial score (nSPS) is 15.1. The first-order valence-corrected chi connectivity index (χ1v) is 10.8. The maximum atomic E-state index is 13.1. The van der Waals surface area contributed by atoms with Gasteiger partial charge in [-0.15, -0.1) is 0 Å². The maximum Gasteiger partial charge on any atom is 0.339 e. The molecule has 3 aromatic rings. The average Bonchev–Trinajstić information content (AvgIpc) is 3.29. The molecule has 0 unspecified atom stereocenters. The SMILES string of the molecule is NC(=O)NC(=O)COC(=O)c1c2c(nc3ccccc13)/C(=C\c1ccc3c(c1)OCO3)CCC2. The van der Waals surface area contributed by atoms with Crippen LogP contribution in [0.25, 0.3) is 22.6 Å². The summed E-state index contributed by atoms with van der Waals surface area (Å²) in [5, 5.41) is 2.53. The van der Waals surface area contributed by atoms with Crippen LogP contribution in [0, 0.1) is 0 Å². The van der Waals surface area contributed by atoms with Gasteiger partial charge in [0, 0.05) is 5.39 Å². The van der Waals surface area contributed by atoms with Crippen LogP contribution >= 0.6 is 0 Å². The van der Waals surface area contributed by atoms with E-state index in [0.29, 0.717) is 34.4 Å². The van der Waals surface area contributed by atoms with Crippen molar-refractivity contribution >= 4 is 40.5 Å². The number of carbonyl (C=O) groups is 3. The number of carbonyl (C=O) groups excluding carboxylic acids is 3. The number of para-hydroxylation sites is 1. The van der Waals surface area contributed by atoms with E-state index >= 15 is 0 Å². The number of fused-ring (bicyclic) bond motifs is 3. The second-order valence-corrected chi connectivity index (χ2v) is 7.96. The highest BCUT2D eigenvalue weighted by molar-refractivity contribution is 6.07. The predicted molar refractivity (Wildman–Crippen MR) is 123 cm³/mol. The summed E-state index contributed by atoms with van der Waals surface area (Å²) in [5.74, 6) is -0.0497. The first kappa shape index (κ1) is 21.4. The average molecular weight is 459 g/mol. The largest absolute Gasteiger partial charge is 0.454 e. The number of amides is 3. The number of esters is 1. The molecule has 1 aliphatic heterocycles. The molecule has 2 heterocycles. The third-order valence-electron chi connectivity index (χ3n) is 5.71. The number of aromatic nitrogens is 1. The Morgan fingerprint density at radius 1 is 1.09 bits per heavy atom. The topological polar surface area (TPSA) is 130 Å². The second kappa shape index (κ2) is 8.86. The zero-order chi connectivity index (χ0) is 23.7. The Hall–Kier alpha value is -4.40. The Balaban J connectivity index is 1.55. The van der Waals surface area contributed by atoms with Gasteiger partial charge in [0.25, 0.3) is 5.91 Å². The molecule has 9 heteroatoms. The van der Waals surface area contributed by atoms with Gasteiger partial charge >= 0.3 is 12.0 Å². The van der Waals surface area contributed by atoms with E-state index in [2.05, 4.69) is 0 Å². The maximum absolute atomic E-state index is 13.1. The van der Waals surface area contributed by atoms with Gasteiger partial charge in [0.2, 0.25) is 6.79 Å². The first-order chi connectivity index (χ1) is 16.5. The fourth-order valence-corrected chi connectivity index (χ4v) is 4.29. The third kappa shape index (κ3) is 4.15. The number of nitrogens with zero attached hydrogens (tertiary/aromatic N) is 1. The van der Waals surface area contributed by atoms with Crippen molar-refractivity contribution in [2.45, 2.75) is 19.3 Å². The van der Waals surface area contributed by atoms with Crippen LogP contribution in [-0.2, 0) is 16.0 Å². The number of hydrogen-bond acceptors (Lipinski definition) is 7. The Kier molecular flexibility index (Phi) is 5.59. The van der Waals surface area contributed by atoms with Crippen molar-refractivity contribution in [1.82, 2.24) is 10.3 Å². The van der Waals surface area contributed by atoms with Gasteiger partial charge in [0.1, 0.15) is 0 Å². The number of nitrogens with two attached hydrogens (primary N) is 1. The molecule has 3 amide bonds. The van der Waals surface area contributed by atoms with E-state index in [9.17, 15) is 14.4 Å². The first-order valence-electron chi connectivity index (χ1n) is 10.8. The summed E-state index contributed by atoms with van der Waals surface area (Å²) in [6.45, 7) is -0.415. The molecule has 0 saturated carbocycles.